The van der Waals surface area contributed by atoms with Gasteiger partial charge in [0.2, 0.25) is 0 Å². The highest BCUT2D eigenvalue weighted by atomic mass is 16.5. The standard InChI is InChI=1S/C23H25NO2/c24-23(25,17-7-12-19-8-3-1-4-9-19)21-13-15-22(16-14-21)26-18-20-10-5-2-6-11-20/h1-6,8-11,13-16,25H,7,12,17-18,24H2. The Labute approximate surface area is 155 Å². The fraction of sp³-hybridized carbons (Fsp3) is 0.217. The molecule has 0 bridgehead atoms. The minimum absolute atomic E-state index is 0.506. The Balaban J connectivity index is 1.52. The molecule has 0 fully saturated rings. The number of hydrogen-bond donors (Lipinski definition) is 2. The van der Waals surface area contributed by atoms with Gasteiger partial charge in [0, 0.05) is 0 Å². The van der Waals surface area contributed by atoms with E-state index in [1.165, 1.54) is 5.56 Å². The van der Waals surface area contributed by atoms with Crippen LogP contribution in [0.25, 0.3) is 0 Å². The lowest BCUT2D eigenvalue weighted by atomic mass is 9.96. The first-order valence-corrected chi connectivity index (χ1v) is 8.96. The van der Waals surface area contributed by atoms with Gasteiger partial charge in [0.15, 0.2) is 0 Å². The van der Waals surface area contributed by atoms with Gasteiger partial charge in [-0.2, -0.15) is 0 Å². The zero-order chi connectivity index (χ0) is 18.2. The fourth-order valence-electron chi connectivity index (χ4n) is 2.93. The van der Waals surface area contributed by atoms with Crippen LogP contribution in [0.2, 0.25) is 0 Å². The molecule has 0 heterocycles. The van der Waals surface area contributed by atoms with Crippen LogP contribution in [0.3, 0.4) is 0 Å². The molecule has 0 aliphatic carbocycles. The second-order valence-corrected chi connectivity index (χ2v) is 6.56. The molecule has 134 valence electrons. The van der Waals surface area contributed by atoms with Crippen molar-refractivity contribution in [1.29, 1.82) is 0 Å². The Bertz CT molecular complexity index is 783. The Hall–Kier alpha value is -2.62. The molecule has 3 rings (SSSR count). The highest BCUT2D eigenvalue weighted by molar-refractivity contribution is 5.30. The van der Waals surface area contributed by atoms with E-state index in [2.05, 4.69) is 12.1 Å². The van der Waals surface area contributed by atoms with E-state index in [0.29, 0.717) is 18.6 Å². The molecule has 0 saturated heterocycles. The molecule has 1 unspecified atom stereocenters. The van der Waals surface area contributed by atoms with E-state index in [1.807, 2.05) is 72.8 Å². The van der Waals surface area contributed by atoms with Crippen LogP contribution in [0.5, 0.6) is 5.75 Å². The number of benzene rings is 3. The normalized spacial score (nSPS) is 13.2. The van der Waals surface area contributed by atoms with Gasteiger partial charge in [0.05, 0.1) is 0 Å². The number of aliphatic hydroxyl groups is 1. The van der Waals surface area contributed by atoms with Crippen LogP contribution >= 0.6 is 0 Å². The van der Waals surface area contributed by atoms with Gasteiger partial charge in [-0.1, -0.05) is 72.8 Å². The minimum Gasteiger partial charge on any atom is -0.489 e. The maximum Gasteiger partial charge on any atom is 0.139 e. The molecule has 0 saturated carbocycles. The van der Waals surface area contributed by atoms with E-state index >= 15 is 0 Å². The average Bonchev–Trinajstić information content (AvgIpc) is 2.68. The highest BCUT2D eigenvalue weighted by Crippen LogP contribution is 2.24. The molecule has 0 aliphatic heterocycles. The van der Waals surface area contributed by atoms with Gasteiger partial charge in [-0.15, -0.1) is 0 Å². The molecule has 1 atom stereocenters. The van der Waals surface area contributed by atoms with E-state index in [0.717, 1.165) is 24.2 Å². The summed E-state index contributed by atoms with van der Waals surface area (Å²) in [5, 5.41) is 10.6. The second-order valence-electron chi connectivity index (χ2n) is 6.56. The summed E-state index contributed by atoms with van der Waals surface area (Å²) in [6, 6.07) is 27.6. The monoisotopic (exact) mass is 347 g/mol. The number of ether oxygens (including phenoxy) is 1. The lowest BCUT2D eigenvalue weighted by Crippen LogP contribution is -2.36. The van der Waals surface area contributed by atoms with Crippen LogP contribution in [0.15, 0.2) is 84.9 Å². The Morgan fingerprint density at radius 3 is 1.96 bits per heavy atom. The Morgan fingerprint density at radius 2 is 1.35 bits per heavy atom. The van der Waals surface area contributed by atoms with Crippen molar-refractivity contribution in [3.8, 4) is 5.75 Å². The summed E-state index contributed by atoms with van der Waals surface area (Å²) in [5.41, 5.74) is 7.89. The van der Waals surface area contributed by atoms with Crippen LogP contribution in [0.1, 0.15) is 29.5 Å². The summed E-state index contributed by atoms with van der Waals surface area (Å²) < 4.78 is 5.78. The zero-order valence-corrected chi connectivity index (χ0v) is 14.8. The van der Waals surface area contributed by atoms with Crippen molar-refractivity contribution in [2.24, 2.45) is 5.73 Å². The van der Waals surface area contributed by atoms with Crippen molar-refractivity contribution >= 4 is 0 Å². The summed E-state index contributed by atoms with van der Waals surface area (Å²) in [7, 11) is 0. The second kappa shape index (κ2) is 8.65. The van der Waals surface area contributed by atoms with Crippen LogP contribution in [0.4, 0.5) is 0 Å². The van der Waals surface area contributed by atoms with Gasteiger partial charge in [-0.05, 0) is 48.1 Å². The minimum atomic E-state index is -1.33. The van der Waals surface area contributed by atoms with Gasteiger partial charge >= 0.3 is 0 Å². The summed E-state index contributed by atoms with van der Waals surface area (Å²) in [6.07, 6.45) is 2.23. The van der Waals surface area contributed by atoms with Gasteiger partial charge in [0.25, 0.3) is 0 Å². The quantitative estimate of drug-likeness (QED) is 0.594. The summed E-state index contributed by atoms with van der Waals surface area (Å²) in [4.78, 5) is 0. The molecule has 3 heteroatoms. The summed E-state index contributed by atoms with van der Waals surface area (Å²) >= 11 is 0. The number of hydrogen-bond acceptors (Lipinski definition) is 3. The molecular formula is C23H25NO2. The van der Waals surface area contributed by atoms with Crippen LogP contribution < -0.4 is 10.5 Å². The van der Waals surface area contributed by atoms with Crippen LogP contribution in [-0.2, 0) is 18.8 Å². The van der Waals surface area contributed by atoms with Gasteiger partial charge < -0.3 is 9.84 Å². The van der Waals surface area contributed by atoms with Gasteiger partial charge in [-0.25, -0.2) is 0 Å². The summed E-state index contributed by atoms with van der Waals surface area (Å²) in [5.74, 6) is 0.762. The molecular weight excluding hydrogens is 322 g/mol. The smallest absolute Gasteiger partial charge is 0.139 e. The molecule has 3 aromatic carbocycles. The molecule has 0 aromatic heterocycles. The van der Waals surface area contributed by atoms with Crippen molar-refractivity contribution in [3.63, 3.8) is 0 Å². The maximum absolute atomic E-state index is 10.6. The molecule has 0 spiro atoms. The molecule has 3 aromatic rings. The van der Waals surface area contributed by atoms with E-state index in [4.69, 9.17) is 10.5 Å². The fourth-order valence-corrected chi connectivity index (χ4v) is 2.93. The molecule has 0 amide bonds. The SMILES string of the molecule is NC(O)(CCCc1ccccc1)c1ccc(OCc2ccccc2)cc1. The lowest BCUT2D eigenvalue weighted by Gasteiger charge is -2.24. The van der Waals surface area contributed by atoms with Crippen molar-refractivity contribution in [2.75, 3.05) is 0 Å². The lowest BCUT2D eigenvalue weighted by molar-refractivity contribution is 0.0322. The first-order valence-electron chi connectivity index (χ1n) is 8.96. The maximum atomic E-state index is 10.6. The van der Waals surface area contributed by atoms with Crippen molar-refractivity contribution in [3.05, 3.63) is 102 Å². The Kier molecular flexibility index (Phi) is 6.05. The third kappa shape index (κ3) is 5.19. The third-order valence-electron chi connectivity index (χ3n) is 4.47. The average molecular weight is 347 g/mol. The third-order valence-corrected chi connectivity index (χ3v) is 4.47. The van der Waals surface area contributed by atoms with Crippen LogP contribution in [0, 0.1) is 0 Å². The van der Waals surface area contributed by atoms with Crippen molar-refractivity contribution in [2.45, 2.75) is 31.6 Å². The van der Waals surface area contributed by atoms with E-state index < -0.39 is 5.72 Å². The van der Waals surface area contributed by atoms with Crippen molar-refractivity contribution in [1.82, 2.24) is 0 Å². The molecule has 3 nitrogen and oxygen atoms in total. The topological polar surface area (TPSA) is 55.5 Å². The number of nitrogens with two attached hydrogens (primary N) is 1. The zero-order valence-electron chi connectivity index (χ0n) is 14.8. The molecule has 3 N–H and O–H groups in total. The van der Waals surface area contributed by atoms with E-state index in [9.17, 15) is 5.11 Å². The predicted octanol–water partition coefficient (Wildman–Crippen LogP) is 4.39. The summed E-state index contributed by atoms with van der Waals surface area (Å²) in [6.45, 7) is 0.518. The van der Waals surface area contributed by atoms with Crippen LogP contribution in [-0.4, -0.2) is 5.11 Å². The first-order chi connectivity index (χ1) is 12.6. The first kappa shape index (κ1) is 18.2. The predicted molar refractivity (Wildman–Crippen MR) is 105 cm³/mol. The molecule has 0 radical (unpaired) electrons. The number of aryl methyl sites for hydroxylation is 1. The van der Waals surface area contributed by atoms with Gasteiger partial charge in [-0.3, -0.25) is 5.73 Å². The number of rotatable bonds is 8. The van der Waals surface area contributed by atoms with E-state index in [-0.39, 0.29) is 0 Å². The van der Waals surface area contributed by atoms with Crippen molar-refractivity contribution < 1.29 is 9.84 Å². The molecule has 26 heavy (non-hydrogen) atoms. The van der Waals surface area contributed by atoms with Gasteiger partial charge in [0.1, 0.15) is 18.1 Å². The molecule has 0 aliphatic rings. The highest BCUT2D eigenvalue weighted by Gasteiger charge is 2.23. The van der Waals surface area contributed by atoms with E-state index in [1.54, 1.807) is 0 Å². The Morgan fingerprint density at radius 1 is 0.769 bits per heavy atom. The largest absolute Gasteiger partial charge is 0.489 e.